The average Bonchev–Trinajstić information content (AvgIpc) is 1.59. The predicted molar refractivity (Wildman–Crippen MR) is 30.0 cm³/mol. The number of carbonyl (C=O) groups excluding carboxylic acids is 1. The number of nitrogens with one attached hydrogen (secondary N) is 1. The summed E-state index contributed by atoms with van der Waals surface area (Å²) in [5.74, 6) is 0. The molecule has 0 aliphatic carbocycles. The predicted octanol–water partition coefficient (Wildman–Crippen LogP) is 0.462. The third kappa shape index (κ3) is 5.43. The molecule has 0 spiro atoms. The van der Waals surface area contributed by atoms with Crippen LogP contribution in [-0.4, -0.2) is 12.0 Å². The molecule has 1 N–H and O–H groups in total. The van der Waals surface area contributed by atoms with Crippen LogP contribution in [-0.2, 0) is 9.63 Å². The fourth-order valence-electron chi connectivity index (χ4n) is 0.201. The molecule has 1 amide bonds. The Kier molecular flexibility index (Phi) is 2.48. The molecule has 0 saturated heterocycles. The summed E-state index contributed by atoms with van der Waals surface area (Å²) in [6.45, 7) is 5.55. The van der Waals surface area contributed by atoms with Crippen LogP contribution in [0.2, 0.25) is 0 Å². The minimum absolute atomic E-state index is 0.291. The molecule has 0 aliphatic rings. The van der Waals surface area contributed by atoms with Crippen LogP contribution in [0.5, 0.6) is 0 Å². The minimum atomic E-state index is -0.291. The zero-order valence-electron chi connectivity index (χ0n) is 5.39. The number of carbonyl (C=O) groups is 1. The summed E-state index contributed by atoms with van der Waals surface area (Å²) >= 11 is 0. The second-order valence-electron chi connectivity index (χ2n) is 2.45. The molecule has 0 aromatic rings. The molecule has 0 radical (unpaired) electrons. The highest BCUT2D eigenvalue weighted by atomic mass is 16.7. The van der Waals surface area contributed by atoms with Crippen molar-refractivity contribution in [3.8, 4) is 0 Å². The first-order valence-electron chi connectivity index (χ1n) is 2.43. The van der Waals surface area contributed by atoms with Crippen LogP contribution >= 0.6 is 0 Å². The van der Waals surface area contributed by atoms with Gasteiger partial charge in [-0.25, -0.2) is 5.48 Å². The van der Waals surface area contributed by atoms with E-state index < -0.39 is 0 Å². The zero-order valence-corrected chi connectivity index (χ0v) is 5.39. The van der Waals surface area contributed by atoms with Crippen LogP contribution in [0.25, 0.3) is 0 Å². The summed E-state index contributed by atoms with van der Waals surface area (Å²) in [7, 11) is 0. The minimum Gasteiger partial charge on any atom is -0.277 e. The molecule has 0 atom stereocenters. The Hall–Kier alpha value is -0.570. The summed E-state index contributed by atoms with van der Waals surface area (Å²) in [5, 5.41) is 0. The highest BCUT2D eigenvalue weighted by molar-refractivity contribution is 5.43. The van der Waals surface area contributed by atoms with Crippen LogP contribution in [0, 0.1) is 0 Å². The van der Waals surface area contributed by atoms with Gasteiger partial charge in [0.2, 0.25) is 6.41 Å². The highest BCUT2D eigenvalue weighted by Crippen LogP contribution is 2.02. The molecular weight excluding hydrogens is 106 g/mol. The number of hydroxylamine groups is 1. The fraction of sp³-hybridized carbons (Fsp3) is 0.800. The molecule has 3 heteroatoms. The van der Waals surface area contributed by atoms with E-state index in [1.54, 1.807) is 0 Å². The first-order valence-corrected chi connectivity index (χ1v) is 2.43. The van der Waals surface area contributed by atoms with Crippen molar-refractivity contribution in [3.63, 3.8) is 0 Å². The Morgan fingerprint density at radius 2 is 2.00 bits per heavy atom. The number of hydrogen-bond donors (Lipinski definition) is 1. The second-order valence-corrected chi connectivity index (χ2v) is 2.45. The number of amides is 1. The zero-order chi connectivity index (χ0) is 6.62. The van der Waals surface area contributed by atoms with E-state index in [1.807, 2.05) is 20.8 Å². The first kappa shape index (κ1) is 7.43. The third-order valence-corrected chi connectivity index (χ3v) is 0.413. The Balaban J connectivity index is 3.24. The molecule has 0 aliphatic heterocycles. The van der Waals surface area contributed by atoms with E-state index in [4.69, 9.17) is 4.84 Å². The number of hydrogen-bond acceptors (Lipinski definition) is 2. The summed E-state index contributed by atoms with van der Waals surface area (Å²) in [5.41, 5.74) is 1.82. The molecule has 0 aromatic heterocycles. The molecule has 0 bridgehead atoms. The summed E-state index contributed by atoms with van der Waals surface area (Å²) in [6.07, 6.45) is 0.505. The largest absolute Gasteiger partial charge is 0.277 e. The van der Waals surface area contributed by atoms with Crippen LogP contribution in [0.4, 0.5) is 0 Å². The van der Waals surface area contributed by atoms with Gasteiger partial charge in [-0.1, -0.05) is 0 Å². The average molecular weight is 117 g/mol. The van der Waals surface area contributed by atoms with Crippen LogP contribution in [0.15, 0.2) is 0 Å². The molecular formula is C5H11NO2. The molecule has 0 unspecified atom stereocenters. The molecule has 3 nitrogen and oxygen atoms in total. The summed E-state index contributed by atoms with van der Waals surface area (Å²) in [4.78, 5) is 14.4. The van der Waals surface area contributed by atoms with E-state index in [0.29, 0.717) is 6.41 Å². The Morgan fingerprint density at radius 3 is 2.12 bits per heavy atom. The van der Waals surface area contributed by atoms with E-state index in [-0.39, 0.29) is 5.60 Å². The second kappa shape index (κ2) is 2.67. The van der Waals surface area contributed by atoms with Gasteiger partial charge in [0.15, 0.2) is 0 Å². The van der Waals surface area contributed by atoms with Crippen molar-refractivity contribution in [2.45, 2.75) is 26.4 Å². The highest BCUT2D eigenvalue weighted by Gasteiger charge is 2.08. The SMILES string of the molecule is CC(C)(C)ONC=O. The van der Waals surface area contributed by atoms with Crippen molar-refractivity contribution in [3.05, 3.63) is 0 Å². The Morgan fingerprint density at radius 1 is 1.50 bits per heavy atom. The van der Waals surface area contributed by atoms with Gasteiger partial charge in [-0.3, -0.25) is 9.63 Å². The molecule has 8 heavy (non-hydrogen) atoms. The van der Waals surface area contributed by atoms with Crippen molar-refractivity contribution in [2.24, 2.45) is 0 Å². The number of rotatable bonds is 2. The normalized spacial score (nSPS) is 10.9. The molecule has 0 aromatic carbocycles. The van der Waals surface area contributed by atoms with Crippen LogP contribution < -0.4 is 5.48 Å². The lowest BCUT2D eigenvalue weighted by Crippen LogP contribution is -2.27. The Labute approximate surface area is 49.0 Å². The van der Waals surface area contributed by atoms with Gasteiger partial charge in [0.1, 0.15) is 0 Å². The van der Waals surface area contributed by atoms with E-state index in [1.165, 1.54) is 0 Å². The molecule has 0 rings (SSSR count). The summed E-state index contributed by atoms with van der Waals surface area (Å²) in [6, 6.07) is 0. The van der Waals surface area contributed by atoms with Crippen molar-refractivity contribution in [1.29, 1.82) is 0 Å². The first-order chi connectivity index (χ1) is 3.56. The summed E-state index contributed by atoms with van der Waals surface area (Å²) < 4.78 is 0. The smallest absolute Gasteiger partial charge is 0.230 e. The van der Waals surface area contributed by atoms with Gasteiger partial charge in [0, 0.05) is 0 Å². The van der Waals surface area contributed by atoms with Crippen molar-refractivity contribution in [2.75, 3.05) is 0 Å². The van der Waals surface area contributed by atoms with E-state index >= 15 is 0 Å². The quantitative estimate of drug-likeness (QED) is 0.421. The van der Waals surface area contributed by atoms with Crippen LogP contribution in [0.3, 0.4) is 0 Å². The van der Waals surface area contributed by atoms with Gasteiger partial charge in [0.05, 0.1) is 5.60 Å². The molecule has 0 heterocycles. The van der Waals surface area contributed by atoms with Gasteiger partial charge in [-0.2, -0.15) is 0 Å². The van der Waals surface area contributed by atoms with Crippen molar-refractivity contribution >= 4 is 6.41 Å². The maximum absolute atomic E-state index is 9.62. The maximum atomic E-state index is 9.62. The monoisotopic (exact) mass is 117 g/mol. The molecule has 0 saturated carbocycles. The van der Waals surface area contributed by atoms with Gasteiger partial charge < -0.3 is 0 Å². The van der Waals surface area contributed by atoms with Crippen molar-refractivity contribution in [1.82, 2.24) is 5.48 Å². The van der Waals surface area contributed by atoms with Gasteiger partial charge >= 0.3 is 0 Å². The van der Waals surface area contributed by atoms with E-state index in [2.05, 4.69) is 5.48 Å². The van der Waals surface area contributed by atoms with E-state index in [0.717, 1.165) is 0 Å². The lowest BCUT2D eigenvalue weighted by Gasteiger charge is -2.16. The standard InChI is InChI=1S/C5H11NO2/c1-5(2,3)8-6-4-7/h4H,1-3H3,(H,6,7). The van der Waals surface area contributed by atoms with Crippen LogP contribution in [0.1, 0.15) is 20.8 Å². The fourth-order valence-corrected chi connectivity index (χ4v) is 0.201. The Bertz CT molecular complexity index is 75.0. The third-order valence-electron chi connectivity index (χ3n) is 0.413. The van der Waals surface area contributed by atoms with Gasteiger partial charge in [-0.05, 0) is 20.8 Å². The van der Waals surface area contributed by atoms with Gasteiger partial charge in [-0.15, -0.1) is 0 Å². The lowest BCUT2D eigenvalue weighted by atomic mass is 10.2. The maximum Gasteiger partial charge on any atom is 0.230 e. The molecule has 48 valence electrons. The van der Waals surface area contributed by atoms with Crippen molar-refractivity contribution < 1.29 is 9.63 Å². The molecule has 0 fully saturated rings. The van der Waals surface area contributed by atoms with E-state index in [9.17, 15) is 4.79 Å². The topological polar surface area (TPSA) is 38.3 Å². The lowest BCUT2D eigenvalue weighted by molar-refractivity contribution is -0.132. The van der Waals surface area contributed by atoms with Gasteiger partial charge in [0.25, 0.3) is 0 Å².